The van der Waals surface area contributed by atoms with Gasteiger partial charge in [-0.25, -0.2) is 13.8 Å². The number of aromatic nitrogens is 1. The van der Waals surface area contributed by atoms with E-state index in [-0.39, 0.29) is 11.4 Å². The van der Waals surface area contributed by atoms with Crippen LogP contribution in [0.3, 0.4) is 0 Å². The van der Waals surface area contributed by atoms with E-state index in [1.807, 2.05) is 0 Å². The average molecular weight is 249 g/mol. The van der Waals surface area contributed by atoms with Crippen LogP contribution in [-0.2, 0) is 16.0 Å². The van der Waals surface area contributed by atoms with Crippen molar-refractivity contribution in [3.8, 4) is 5.75 Å². The van der Waals surface area contributed by atoms with Crippen LogP contribution in [0.2, 0.25) is 0 Å². The Kier molecular flexibility index (Phi) is 4.30. The molecule has 0 aliphatic carbocycles. The molecular formula is C10H10F3NO3. The molecule has 7 heteroatoms. The summed E-state index contributed by atoms with van der Waals surface area (Å²) in [6.07, 6.45) is -3.46. The summed E-state index contributed by atoms with van der Waals surface area (Å²) >= 11 is 0. The molecule has 0 aromatic carbocycles. The van der Waals surface area contributed by atoms with Crippen LogP contribution < -0.4 is 4.74 Å². The second kappa shape index (κ2) is 5.51. The van der Waals surface area contributed by atoms with E-state index in [0.717, 1.165) is 20.3 Å². The number of carbonyl (C=O) groups is 1. The minimum Gasteiger partial charge on any atom is -0.496 e. The van der Waals surface area contributed by atoms with Gasteiger partial charge in [0.15, 0.2) is 0 Å². The van der Waals surface area contributed by atoms with E-state index in [0.29, 0.717) is 0 Å². The van der Waals surface area contributed by atoms with Gasteiger partial charge >= 0.3 is 5.97 Å². The monoisotopic (exact) mass is 249 g/mol. The van der Waals surface area contributed by atoms with Crippen LogP contribution in [0.15, 0.2) is 6.07 Å². The topological polar surface area (TPSA) is 48.4 Å². The molecule has 0 radical (unpaired) electrons. The zero-order valence-electron chi connectivity index (χ0n) is 9.17. The maximum Gasteiger partial charge on any atom is 0.311 e. The van der Waals surface area contributed by atoms with Crippen LogP contribution in [0, 0.1) is 5.95 Å². The number of carbonyl (C=O) groups excluding carboxylic acids is 1. The third-order valence-electron chi connectivity index (χ3n) is 2.05. The van der Waals surface area contributed by atoms with E-state index in [2.05, 4.69) is 14.5 Å². The minimum atomic E-state index is -2.92. The standard InChI is InChI=1S/C10H10F3NO3/c1-16-6-4-7(11)14-5(3-8(15)17-2)9(6)10(12)13/h4,10H,3H2,1-2H3. The van der Waals surface area contributed by atoms with Crippen molar-refractivity contribution in [2.45, 2.75) is 12.8 Å². The normalized spacial score (nSPS) is 10.5. The molecule has 0 aliphatic rings. The van der Waals surface area contributed by atoms with Crippen molar-refractivity contribution in [3.63, 3.8) is 0 Å². The Morgan fingerprint density at radius 1 is 1.47 bits per heavy atom. The van der Waals surface area contributed by atoms with Gasteiger partial charge in [0.1, 0.15) is 5.75 Å². The Bertz CT molecular complexity index is 424. The Hall–Kier alpha value is -1.79. The number of esters is 1. The first-order valence-electron chi connectivity index (χ1n) is 4.57. The van der Waals surface area contributed by atoms with Gasteiger partial charge in [0.2, 0.25) is 5.95 Å². The van der Waals surface area contributed by atoms with E-state index in [1.165, 1.54) is 0 Å². The van der Waals surface area contributed by atoms with Crippen LogP contribution in [0.4, 0.5) is 13.2 Å². The number of rotatable bonds is 4. The van der Waals surface area contributed by atoms with Crippen molar-refractivity contribution in [1.29, 1.82) is 0 Å². The Balaban J connectivity index is 3.25. The smallest absolute Gasteiger partial charge is 0.311 e. The van der Waals surface area contributed by atoms with Crippen LogP contribution in [0.25, 0.3) is 0 Å². The number of halogens is 3. The fraction of sp³-hybridized carbons (Fsp3) is 0.400. The molecule has 0 N–H and O–H groups in total. The van der Waals surface area contributed by atoms with Gasteiger partial charge < -0.3 is 9.47 Å². The Labute approximate surface area is 95.4 Å². The van der Waals surface area contributed by atoms with Crippen molar-refractivity contribution in [2.75, 3.05) is 14.2 Å². The molecule has 0 saturated carbocycles. The molecule has 94 valence electrons. The summed E-state index contributed by atoms with van der Waals surface area (Å²) in [6.45, 7) is 0. The molecule has 0 atom stereocenters. The first-order valence-corrected chi connectivity index (χ1v) is 4.57. The van der Waals surface area contributed by atoms with Gasteiger partial charge in [-0.3, -0.25) is 4.79 Å². The lowest BCUT2D eigenvalue weighted by molar-refractivity contribution is -0.139. The molecule has 0 fully saturated rings. The van der Waals surface area contributed by atoms with Gasteiger partial charge in [-0.1, -0.05) is 0 Å². The highest BCUT2D eigenvalue weighted by molar-refractivity contribution is 5.72. The molecule has 4 nitrogen and oxygen atoms in total. The van der Waals surface area contributed by atoms with Crippen LogP contribution in [0.1, 0.15) is 17.7 Å². The molecule has 0 amide bonds. The predicted molar refractivity (Wildman–Crippen MR) is 51.4 cm³/mol. The zero-order chi connectivity index (χ0) is 13.0. The highest BCUT2D eigenvalue weighted by Gasteiger charge is 2.23. The van der Waals surface area contributed by atoms with Gasteiger partial charge in [0, 0.05) is 6.07 Å². The molecule has 1 heterocycles. The summed E-state index contributed by atoms with van der Waals surface area (Å²) in [6, 6.07) is 0.738. The second-order valence-electron chi connectivity index (χ2n) is 3.06. The number of pyridine rings is 1. The lowest BCUT2D eigenvalue weighted by Gasteiger charge is -2.11. The largest absolute Gasteiger partial charge is 0.496 e. The van der Waals surface area contributed by atoms with Crippen molar-refractivity contribution >= 4 is 5.97 Å². The molecule has 0 spiro atoms. The zero-order valence-corrected chi connectivity index (χ0v) is 9.17. The molecular weight excluding hydrogens is 239 g/mol. The molecule has 1 aromatic heterocycles. The maximum absolute atomic E-state index is 13.0. The third kappa shape index (κ3) is 3.08. The van der Waals surface area contributed by atoms with Gasteiger partial charge in [-0.15, -0.1) is 0 Å². The summed E-state index contributed by atoms with van der Waals surface area (Å²) in [5.41, 5.74) is -0.983. The van der Waals surface area contributed by atoms with Gasteiger partial charge in [0.05, 0.1) is 31.9 Å². The van der Waals surface area contributed by atoms with E-state index >= 15 is 0 Å². The summed E-state index contributed by atoms with van der Waals surface area (Å²) < 4.78 is 47.5. The van der Waals surface area contributed by atoms with Gasteiger partial charge in [-0.2, -0.15) is 4.39 Å². The third-order valence-corrected chi connectivity index (χ3v) is 2.05. The van der Waals surface area contributed by atoms with Crippen molar-refractivity contribution in [1.82, 2.24) is 4.98 Å². The van der Waals surface area contributed by atoms with Crippen LogP contribution in [0.5, 0.6) is 5.75 Å². The number of nitrogens with zero attached hydrogens (tertiary/aromatic N) is 1. The molecule has 0 unspecified atom stereocenters. The summed E-state index contributed by atoms with van der Waals surface area (Å²) in [5, 5.41) is 0. The average Bonchev–Trinajstić information content (AvgIpc) is 2.27. The fourth-order valence-electron chi connectivity index (χ4n) is 1.30. The number of hydrogen-bond acceptors (Lipinski definition) is 4. The first-order chi connectivity index (χ1) is 7.99. The fourth-order valence-corrected chi connectivity index (χ4v) is 1.30. The summed E-state index contributed by atoms with van der Waals surface area (Å²) in [5.74, 6) is -2.12. The number of hydrogen-bond donors (Lipinski definition) is 0. The highest BCUT2D eigenvalue weighted by Crippen LogP contribution is 2.32. The summed E-state index contributed by atoms with van der Waals surface area (Å²) in [4.78, 5) is 14.3. The number of alkyl halides is 2. The molecule has 0 aliphatic heterocycles. The molecule has 0 bridgehead atoms. The molecule has 17 heavy (non-hydrogen) atoms. The highest BCUT2D eigenvalue weighted by atomic mass is 19.3. The minimum absolute atomic E-state index is 0.341. The molecule has 1 rings (SSSR count). The second-order valence-corrected chi connectivity index (χ2v) is 3.06. The lowest BCUT2D eigenvalue weighted by Crippen LogP contribution is -2.11. The van der Waals surface area contributed by atoms with E-state index < -0.39 is 30.3 Å². The molecule has 0 saturated heterocycles. The number of methoxy groups -OCH3 is 2. The van der Waals surface area contributed by atoms with E-state index in [1.54, 1.807) is 0 Å². The molecule has 1 aromatic rings. The predicted octanol–water partition coefficient (Wildman–Crippen LogP) is 1.88. The van der Waals surface area contributed by atoms with Crippen molar-refractivity contribution in [2.24, 2.45) is 0 Å². The number of ether oxygens (including phenoxy) is 2. The Morgan fingerprint density at radius 3 is 2.59 bits per heavy atom. The lowest BCUT2D eigenvalue weighted by atomic mass is 10.1. The Morgan fingerprint density at radius 2 is 2.12 bits per heavy atom. The first kappa shape index (κ1) is 13.3. The SMILES string of the molecule is COC(=O)Cc1nc(F)cc(OC)c1C(F)F. The summed E-state index contributed by atoms with van der Waals surface area (Å²) in [7, 11) is 2.23. The van der Waals surface area contributed by atoms with Gasteiger partial charge in [0.25, 0.3) is 6.43 Å². The van der Waals surface area contributed by atoms with Crippen LogP contribution >= 0.6 is 0 Å². The van der Waals surface area contributed by atoms with E-state index in [9.17, 15) is 18.0 Å². The van der Waals surface area contributed by atoms with Crippen molar-refractivity contribution in [3.05, 3.63) is 23.3 Å². The van der Waals surface area contributed by atoms with E-state index in [4.69, 9.17) is 0 Å². The quantitative estimate of drug-likeness (QED) is 0.604. The maximum atomic E-state index is 13.0. The van der Waals surface area contributed by atoms with Crippen molar-refractivity contribution < 1.29 is 27.4 Å². The van der Waals surface area contributed by atoms with Crippen LogP contribution in [-0.4, -0.2) is 25.2 Å². The van der Waals surface area contributed by atoms with Gasteiger partial charge in [-0.05, 0) is 0 Å².